The highest BCUT2D eigenvalue weighted by Crippen LogP contribution is 2.34. The molecule has 1 aliphatic heterocycles. The van der Waals surface area contributed by atoms with Gasteiger partial charge in [-0.25, -0.2) is 4.39 Å². The van der Waals surface area contributed by atoms with Crippen molar-refractivity contribution in [1.29, 1.82) is 0 Å². The van der Waals surface area contributed by atoms with Gasteiger partial charge in [-0.15, -0.1) is 0 Å². The van der Waals surface area contributed by atoms with Gasteiger partial charge in [0.25, 0.3) is 5.91 Å². The highest BCUT2D eigenvalue weighted by atomic mass is 19.1. The fourth-order valence-corrected chi connectivity index (χ4v) is 4.00. The Labute approximate surface area is 163 Å². The lowest BCUT2D eigenvalue weighted by Gasteiger charge is -2.21. The molecule has 5 nitrogen and oxygen atoms in total. The first-order chi connectivity index (χ1) is 13.6. The number of nitrogens with zero attached hydrogens (tertiary/aromatic N) is 1. The van der Waals surface area contributed by atoms with Crippen molar-refractivity contribution in [2.75, 3.05) is 23.4 Å². The highest BCUT2D eigenvalue weighted by Gasteiger charge is 2.31. The lowest BCUT2D eigenvalue weighted by molar-refractivity contribution is -0.122. The first-order valence-corrected chi connectivity index (χ1v) is 9.73. The van der Waals surface area contributed by atoms with E-state index in [9.17, 15) is 14.0 Å². The van der Waals surface area contributed by atoms with Gasteiger partial charge in [-0.3, -0.25) is 9.59 Å². The van der Waals surface area contributed by atoms with Gasteiger partial charge in [0, 0.05) is 23.8 Å². The third-order valence-electron chi connectivity index (χ3n) is 5.42. The van der Waals surface area contributed by atoms with Crippen molar-refractivity contribution in [2.24, 2.45) is 5.92 Å². The third kappa shape index (κ3) is 3.86. The molecule has 4 rings (SSSR count). The van der Waals surface area contributed by atoms with Crippen LogP contribution in [0.15, 0.2) is 42.5 Å². The molecule has 0 atom stereocenters. The number of para-hydroxylation sites is 1. The van der Waals surface area contributed by atoms with E-state index in [0.717, 1.165) is 43.4 Å². The number of ether oxygens (including phenoxy) is 1. The molecule has 2 amide bonds. The summed E-state index contributed by atoms with van der Waals surface area (Å²) >= 11 is 0. The molecule has 6 heteroatoms. The summed E-state index contributed by atoms with van der Waals surface area (Å²) in [6, 6.07) is 11.6. The van der Waals surface area contributed by atoms with Crippen molar-refractivity contribution in [2.45, 2.75) is 32.1 Å². The summed E-state index contributed by atoms with van der Waals surface area (Å²) in [5.41, 5.74) is 2.65. The Morgan fingerprint density at radius 1 is 1.14 bits per heavy atom. The van der Waals surface area contributed by atoms with Crippen LogP contribution in [-0.2, 0) is 16.0 Å². The van der Waals surface area contributed by atoms with E-state index in [0.29, 0.717) is 12.2 Å². The number of nitrogens with one attached hydrogen (secondary N) is 1. The third-order valence-corrected chi connectivity index (χ3v) is 5.42. The Balaban J connectivity index is 1.37. The van der Waals surface area contributed by atoms with Crippen LogP contribution in [0.3, 0.4) is 0 Å². The molecule has 2 aromatic rings. The number of benzene rings is 2. The van der Waals surface area contributed by atoms with Gasteiger partial charge in [0.05, 0.1) is 0 Å². The van der Waals surface area contributed by atoms with Gasteiger partial charge >= 0.3 is 0 Å². The number of halogens is 1. The van der Waals surface area contributed by atoms with E-state index in [2.05, 4.69) is 5.32 Å². The molecule has 1 saturated carbocycles. The first-order valence-electron chi connectivity index (χ1n) is 9.73. The summed E-state index contributed by atoms with van der Waals surface area (Å²) < 4.78 is 18.8. The average Bonchev–Trinajstić information content (AvgIpc) is 3.36. The van der Waals surface area contributed by atoms with Crippen molar-refractivity contribution in [3.63, 3.8) is 0 Å². The number of carbonyl (C=O) groups excluding carboxylic acids is 2. The average molecular weight is 382 g/mol. The van der Waals surface area contributed by atoms with Crippen LogP contribution in [0.2, 0.25) is 0 Å². The van der Waals surface area contributed by atoms with Crippen molar-refractivity contribution < 1.29 is 18.7 Å². The minimum atomic E-state index is -0.500. The van der Waals surface area contributed by atoms with Crippen LogP contribution in [0, 0.1) is 11.7 Å². The molecule has 1 N–H and O–H groups in total. The van der Waals surface area contributed by atoms with Crippen LogP contribution in [0.5, 0.6) is 5.75 Å². The van der Waals surface area contributed by atoms with E-state index in [1.165, 1.54) is 12.1 Å². The minimum absolute atomic E-state index is 0.0488. The standard InChI is InChI=1S/C22H23FN2O3/c23-18-7-3-4-8-20(18)28-14-21(26)24-17-9-10-19-16(13-17)11-12-25(19)22(27)15-5-1-2-6-15/h3-4,7-10,13,15H,1-2,5-6,11-12,14H2,(H,24,26). The molecular formula is C22H23FN2O3. The summed E-state index contributed by atoms with van der Waals surface area (Å²) in [6.45, 7) is 0.419. The van der Waals surface area contributed by atoms with E-state index < -0.39 is 5.82 Å². The number of hydrogen-bond donors (Lipinski definition) is 1. The Morgan fingerprint density at radius 3 is 2.71 bits per heavy atom. The molecule has 1 heterocycles. The summed E-state index contributed by atoms with van der Waals surface area (Å²) in [5, 5.41) is 2.77. The van der Waals surface area contributed by atoms with Crippen LogP contribution >= 0.6 is 0 Å². The predicted octanol–water partition coefficient (Wildman–Crippen LogP) is 3.92. The van der Waals surface area contributed by atoms with E-state index in [1.54, 1.807) is 18.2 Å². The van der Waals surface area contributed by atoms with Gasteiger partial charge in [0.15, 0.2) is 18.2 Å². The Morgan fingerprint density at radius 2 is 1.93 bits per heavy atom. The van der Waals surface area contributed by atoms with E-state index in [1.807, 2.05) is 17.0 Å². The SMILES string of the molecule is O=C(COc1ccccc1F)Nc1ccc2c(c1)CCN2C(=O)C1CCCC1. The Kier molecular flexibility index (Phi) is 5.28. The molecular weight excluding hydrogens is 359 g/mol. The smallest absolute Gasteiger partial charge is 0.262 e. The lowest BCUT2D eigenvalue weighted by atomic mass is 10.1. The largest absolute Gasteiger partial charge is 0.481 e. The molecule has 0 aromatic heterocycles. The topological polar surface area (TPSA) is 58.6 Å². The predicted molar refractivity (Wildman–Crippen MR) is 105 cm³/mol. The van der Waals surface area contributed by atoms with E-state index in [-0.39, 0.29) is 30.1 Å². The van der Waals surface area contributed by atoms with Crippen molar-refractivity contribution in [3.8, 4) is 5.75 Å². The zero-order chi connectivity index (χ0) is 19.5. The van der Waals surface area contributed by atoms with Gasteiger partial charge in [0.2, 0.25) is 5.91 Å². The van der Waals surface area contributed by atoms with Crippen molar-refractivity contribution in [1.82, 2.24) is 0 Å². The number of anilines is 2. The molecule has 2 aliphatic rings. The second kappa shape index (κ2) is 8.00. The van der Waals surface area contributed by atoms with Gasteiger partial charge in [-0.2, -0.15) is 0 Å². The molecule has 1 fully saturated rings. The number of hydrogen-bond acceptors (Lipinski definition) is 3. The number of rotatable bonds is 5. The van der Waals surface area contributed by atoms with Crippen molar-refractivity contribution in [3.05, 3.63) is 53.8 Å². The number of amides is 2. The second-order valence-corrected chi connectivity index (χ2v) is 7.33. The van der Waals surface area contributed by atoms with Crippen LogP contribution in [-0.4, -0.2) is 25.0 Å². The number of fused-ring (bicyclic) bond motifs is 1. The summed E-state index contributed by atoms with van der Waals surface area (Å²) in [6.07, 6.45) is 5.03. The Bertz CT molecular complexity index is 893. The zero-order valence-corrected chi connectivity index (χ0v) is 15.6. The highest BCUT2D eigenvalue weighted by molar-refractivity contribution is 5.98. The molecule has 0 radical (unpaired) electrons. The molecule has 0 saturated heterocycles. The van der Waals surface area contributed by atoms with Crippen LogP contribution in [0.4, 0.5) is 15.8 Å². The molecule has 1 aliphatic carbocycles. The van der Waals surface area contributed by atoms with Gasteiger partial charge in [-0.05, 0) is 55.2 Å². The van der Waals surface area contributed by atoms with E-state index >= 15 is 0 Å². The molecule has 2 aromatic carbocycles. The summed E-state index contributed by atoms with van der Waals surface area (Å²) in [5.74, 6) is -0.431. The molecule has 0 bridgehead atoms. The lowest BCUT2D eigenvalue weighted by Crippen LogP contribution is -2.33. The first kappa shape index (κ1) is 18.5. The fraction of sp³-hybridized carbons (Fsp3) is 0.364. The van der Waals surface area contributed by atoms with Gasteiger partial charge < -0.3 is 15.0 Å². The van der Waals surface area contributed by atoms with Crippen LogP contribution < -0.4 is 15.0 Å². The maximum absolute atomic E-state index is 13.5. The summed E-state index contributed by atoms with van der Waals surface area (Å²) in [7, 11) is 0. The van der Waals surface area contributed by atoms with Crippen molar-refractivity contribution >= 4 is 23.2 Å². The molecule has 0 spiro atoms. The maximum atomic E-state index is 13.5. The minimum Gasteiger partial charge on any atom is -0.481 e. The van der Waals surface area contributed by atoms with E-state index in [4.69, 9.17) is 4.74 Å². The number of carbonyl (C=O) groups is 2. The molecule has 0 unspecified atom stereocenters. The molecule has 28 heavy (non-hydrogen) atoms. The Hall–Kier alpha value is -2.89. The normalized spacial score (nSPS) is 16.1. The van der Waals surface area contributed by atoms with Crippen LogP contribution in [0.25, 0.3) is 0 Å². The van der Waals surface area contributed by atoms with Crippen LogP contribution in [0.1, 0.15) is 31.2 Å². The van der Waals surface area contributed by atoms with Gasteiger partial charge in [0.1, 0.15) is 0 Å². The van der Waals surface area contributed by atoms with Gasteiger partial charge in [-0.1, -0.05) is 25.0 Å². The fourth-order valence-electron chi connectivity index (χ4n) is 4.00. The zero-order valence-electron chi connectivity index (χ0n) is 15.6. The summed E-state index contributed by atoms with van der Waals surface area (Å²) in [4.78, 5) is 26.7. The monoisotopic (exact) mass is 382 g/mol. The maximum Gasteiger partial charge on any atom is 0.262 e. The quantitative estimate of drug-likeness (QED) is 0.853. The molecule has 146 valence electrons. The second-order valence-electron chi connectivity index (χ2n) is 7.33.